The molecule has 0 bridgehead atoms. The van der Waals surface area contributed by atoms with Crippen LogP contribution in [0.4, 0.5) is 15.8 Å². The molecule has 0 aliphatic carbocycles. The van der Waals surface area contributed by atoms with Crippen molar-refractivity contribution in [3.05, 3.63) is 23.0 Å². The highest BCUT2D eigenvalue weighted by Crippen LogP contribution is 2.38. The largest absolute Gasteiger partial charge is 0.358 e. The number of nitrogens with one attached hydrogen (secondary N) is 1. The average Bonchev–Trinajstić information content (AvgIpc) is 2.58. The number of halogens is 2. The van der Waals surface area contributed by atoms with Crippen molar-refractivity contribution in [2.45, 2.75) is 31.7 Å². The maximum atomic E-state index is 13.6. The number of anilines is 2. The minimum Gasteiger partial charge on any atom is -0.358 e. The van der Waals surface area contributed by atoms with Gasteiger partial charge in [0, 0.05) is 12.6 Å². The lowest BCUT2D eigenvalue weighted by molar-refractivity contribution is -0.117. The molecule has 96 valence electrons. The lowest BCUT2D eigenvalue weighted by Gasteiger charge is -2.37. The molecule has 1 fully saturated rings. The average molecular weight is 269 g/mol. The summed E-state index contributed by atoms with van der Waals surface area (Å²) in [5, 5.41) is 2.87. The molecule has 2 heterocycles. The summed E-state index contributed by atoms with van der Waals surface area (Å²) in [6.07, 6.45) is 4.02. The molecule has 3 rings (SSSR count). The third-order valence-corrected chi connectivity index (χ3v) is 3.95. The SMILES string of the molecule is O=C1Nc2cc(Cl)c(F)cc2N2CCCCCC12. The summed E-state index contributed by atoms with van der Waals surface area (Å²) < 4.78 is 13.6. The lowest BCUT2D eigenvalue weighted by atomic mass is 10.0. The standard InChI is InChI=1S/C13H14ClFN2O/c14-8-6-10-12(7-9(8)15)17-5-3-1-2-4-11(17)13(18)16-10/h6-7,11H,1-5H2,(H,16,18). The molecule has 1 atom stereocenters. The Morgan fingerprint density at radius 2 is 2.17 bits per heavy atom. The van der Waals surface area contributed by atoms with Crippen molar-refractivity contribution in [2.75, 3.05) is 16.8 Å². The van der Waals surface area contributed by atoms with Crippen LogP contribution in [0.15, 0.2) is 12.1 Å². The monoisotopic (exact) mass is 268 g/mol. The quantitative estimate of drug-likeness (QED) is 0.784. The summed E-state index contributed by atoms with van der Waals surface area (Å²) in [4.78, 5) is 14.1. The van der Waals surface area contributed by atoms with E-state index in [1.54, 1.807) is 0 Å². The molecule has 5 heteroatoms. The molecule has 1 aromatic carbocycles. The summed E-state index contributed by atoms with van der Waals surface area (Å²) >= 11 is 5.76. The third-order valence-electron chi connectivity index (χ3n) is 3.66. The number of hydrogen-bond donors (Lipinski definition) is 1. The molecule has 0 spiro atoms. The molecule has 2 aliphatic heterocycles. The fraction of sp³-hybridized carbons (Fsp3) is 0.462. The van der Waals surface area contributed by atoms with Gasteiger partial charge in [-0.05, 0) is 18.9 Å². The highest BCUT2D eigenvalue weighted by atomic mass is 35.5. The van der Waals surface area contributed by atoms with Crippen molar-refractivity contribution in [2.24, 2.45) is 0 Å². The first-order chi connectivity index (χ1) is 8.66. The normalized spacial score (nSPS) is 22.9. The number of benzene rings is 1. The van der Waals surface area contributed by atoms with E-state index in [9.17, 15) is 9.18 Å². The zero-order chi connectivity index (χ0) is 12.7. The Labute approximate surface area is 110 Å². The van der Waals surface area contributed by atoms with E-state index in [0.717, 1.165) is 37.9 Å². The van der Waals surface area contributed by atoms with E-state index in [1.165, 1.54) is 12.1 Å². The number of rotatable bonds is 0. The summed E-state index contributed by atoms with van der Waals surface area (Å²) in [7, 11) is 0. The van der Waals surface area contributed by atoms with Crippen LogP contribution < -0.4 is 10.2 Å². The highest BCUT2D eigenvalue weighted by molar-refractivity contribution is 6.31. The summed E-state index contributed by atoms with van der Waals surface area (Å²) in [6.45, 7) is 0.798. The third kappa shape index (κ3) is 1.85. The molecule has 18 heavy (non-hydrogen) atoms. The molecular weight excluding hydrogens is 255 g/mol. The Hall–Kier alpha value is -1.29. The zero-order valence-electron chi connectivity index (χ0n) is 9.88. The molecule has 1 saturated heterocycles. The van der Waals surface area contributed by atoms with Crippen molar-refractivity contribution in [1.82, 2.24) is 0 Å². The van der Waals surface area contributed by atoms with Crippen molar-refractivity contribution >= 4 is 28.9 Å². The number of fused-ring (bicyclic) bond motifs is 3. The Morgan fingerprint density at radius 3 is 3.00 bits per heavy atom. The minimum atomic E-state index is -0.436. The van der Waals surface area contributed by atoms with E-state index < -0.39 is 5.82 Å². The van der Waals surface area contributed by atoms with Crippen LogP contribution in [-0.4, -0.2) is 18.5 Å². The van der Waals surface area contributed by atoms with Gasteiger partial charge in [-0.1, -0.05) is 24.4 Å². The van der Waals surface area contributed by atoms with Crippen LogP contribution in [0, 0.1) is 5.82 Å². The Bertz CT molecular complexity index is 506. The van der Waals surface area contributed by atoms with E-state index >= 15 is 0 Å². The minimum absolute atomic E-state index is 0.00734. The Balaban J connectivity index is 2.08. The molecule has 0 saturated carbocycles. The van der Waals surface area contributed by atoms with Crippen molar-refractivity contribution in [1.29, 1.82) is 0 Å². The number of nitrogens with zero attached hydrogens (tertiary/aromatic N) is 1. The second kappa shape index (κ2) is 4.43. The van der Waals surface area contributed by atoms with Gasteiger partial charge in [-0.3, -0.25) is 4.79 Å². The molecule has 0 aromatic heterocycles. The van der Waals surface area contributed by atoms with Crippen LogP contribution in [0.1, 0.15) is 25.7 Å². The van der Waals surface area contributed by atoms with Gasteiger partial charge in [-0.15, -0.1) is 0 Å². The molecule has 3 nitrogen and oxygen atoms in total. The Kier molecular flexibility index (Phi) is 2.90. The van der Waals surface area contributed by atoms with E-state index in [2.05, 4.69) is 5.32 Å². The van der Waals surface area contributed by atoms with Gasteiger partial charge in [-0.25, -0.2) is 4.39 Å². The first-order valence-corrected chi connectivity index (χ1v) is 6.61. The maximum absolute atomic E-state index is 13.6. The second-order valence-corrected chi connectivity index (χ2v) is 5.24. The van der Waals surface area contributed by atoms with Gasteiger partial charge < -0.3 is 10.2 Å². The van der Waals surface area contributed by atoms with E-state index in [-0.39, 0.29) is 17.0 Å². The summed E-state index contributed by atoms with van der Waals surface area (Å²) in [5.41, 5.74) is 1.37. The van der Waals surface area contributed by atoms with Gasteiger partial charge in [0.1, 0.15) is 11.9 Å². The Morgan fingerprint density at radius 1 is 1.33 bits per heavy atom. The molecular formula is C13H14ClFN2O. The van der Waals surface area contributed by atoms with Crippen LogP contribution in [0.5, 0.6) is 0 Å². The predicted octanol–water partition coefficient (Wildman–Crippen LogP) is 3.18. The van der Waals surface area contributed by atoms with Crippen molar-refractivity contribution in [3.63, 3.8) is 0 Å². The molecule has 2 aliphatic rings. The molecule has 0 radical (unpaired) electrons. The van der Waals surface area contributed by atoms with E-state index in [1.807, 2.05) is 4.90 Å². The zero-order valence-corrected chi connectivity index (χ0v) is 10.6. The topological polar surface area (TPSA) is 32.3 Å². The molecule has 1 unspecified atom stereocenters. The second-order valence-electron chi connectivity index (χ2n) is 4.83. The van der Waals surface area contributed by atoms with Crippen LogP contribution in [0.3, 0.4) is 0 Å². The first kappa shape index (κ1) is 11.8. The number of carbonyl (C=O) groups excluding carboxylic acids is 1. The number of hydrogen-bond acceptors (Lipinski definition) is 2. The number of carbonyl (C=O) groups is 1. The number of amides is 1. The smallest absolute Gasteiger partial charge is 0.247 e. The van der Waals surface area contributed by atoms with Gasteiger partial charge >= 0.3 is 0 Å². The summed E-state index contributed by atoms with van der Waals surface area (Å²) in [5.74, 6) is -0.443. The van der Waals surface area contributed by atoms with Crippen LogP contribution in [0.2, 0.25) is 5.02 Å². The fourth-order valence-corrected chi connectivity index (χ4v) is 2.92. The van der Waals surface area contributed by atoms with Gasteiger partial charge in [0.05, 0.1) is 16.4 Å². The van der Waals surface area contributed by atoms with E-state index in [4.69, 9.17) is 11.6 Å². The van der Waals surface area contributed by atoms with Crippen LogP contribution in [0.25, 0.3) is 0 Å². The van der Waals surface area contributed by atoms with Gasteiger partial charge in [0.2, 0.25) is 5.91 Å². The van der Waals surface area contributed by atoms with Crippen LogP contribution in [-0.2, 0) is 4.79 Å². The van der Waals surface area contributed by atoms with Crippen molar-refractivity contribution in [3.8, 4) is 0 Å². The molecule has 1 amide bonds. The van der Waals surface area contributed by atoms with Crippen molar-refractivity contribution < 1.29 is 9.18 Å². The van der Waals surface area contributed by atoms with Gasteiger partial charge in [-0.2, -0.15) is 0 Å². The lowest BCUT2D eigenvalue weighted by Crippen LogP contribution is -2.47. The van der Waals surface area contributed by atoms with Crippen LogP contribution >= 0.6 is 11.6 Å². The maximum Gasteiger partial charge on any atom is 0.247 e. The van der Waals surface area contributed by atoms with Gasteiger partial charge in [0.25, 0.3) is 0 Å². The fourth-order valence-electron chi connectivity index (χ4n) is 2.76. The molecule has 1 aromatic rings. The summed E-state index contributed by atoms with van der Waals surface area (Å²) in [6, 6.07) is 2.75. The van der Waals surface area contributed by atoms with Gasteiger partial charge in [0.15, 0.2) is 0 Å². The predicted molar refractivity (Wildman–Crippen MR) is 69.6 cm³/mol. The van der Waals surface area contributed by atoms with E-state index in [0.29, 0.717) is 5.69 Å². The molecule has 1 N–H and O–H groups in total. The first-order valence-electron chi connectivity index (χ1n) is 6.23. The highest BCUT2D eigenvalue weighted by Gasteiger charge is 2.34.